The van der Waals surface area contributed by atoms with Crippen LogP contribution in [-0.2, 0) is 4.79 Å². The van der Waals surface area contributed by atoms with Gasteiger partial charge in [-0.3, -0.25) is 9.79 Å². The van der Waals surface area contributed by atoms with Crippen LogP contribution >= 0.6 is 0 Å². The number of carbonyl (C=O) groups excluding carboxylic acids is 1. The highest BCUT2D eigenvalue weighted by Crippen LogP contribution is 2.36. The molecule has 0 spiro atoms. The number of nitrogens with zero attached hydrogens (tertiary/aromatic N) is 7. The van der Waals surface area contributed by atoms with E-state index in [4.69, 9.17) is 25.2 Å². The number of nitriles is 1. The average Bonchev–Trinajstić information content (AvgIpc) is 2.99. The van der Waals surface area contributed by atoms with Gasteiger partial charge < -0.3 is 30.2 Å². The molecule has 0 unspecified atom stereocenters. The summed E-state index contributed by atoms with van der Waals surface area (Å²) < 4.78 is 32.1. The maximum Gasteiger partial charge on any atom is 0.246 e. The van der Waals surface area contributed by atoms with E-state index in [0.717, 1.165) is 0 Å². The molecule has 1 fully saturated rings. The first-order valence-electron chi connectivity index (χ1n) is 12.7. The van der Waals surface area contributed by atoms with Crippen LogP contribution in [-0.4, -0.2) is 63.3 Å². The van der Waals surface area contributed by atoms with Crippen molar-refractivity contribution in [1.29, 1.82) is 5.26 Å². The first-order chi connectivity index (χ1) is 20.9. The lowest BCUT2D eigenvalue weighted by Gasteiger charge is -2.38. The van der Waals surface area contributed by atoms with Crippen molar-refractivity contribution in [3.05, 3.63) is 85.3 Å². The number of allylic oxidation sites excluding steroid dienone is 1. The van der Waals surface area contributed by atoms with Crippen molar-refractivity contribution in [3.63, 3.8) is 0 Å². The molecule has 14 heteroatoms. The average molecular weight is 582 g/mol. The van der Waals surface area contributed by atoms with E-state index in [1.165, 1.54) is 62.4 Å². The number of methoxy groups -OCH3 is 1. The SMILES string of the molecule is C=CC(=O)N1CC(Oc2cc3c(Nc4ccc(O/C(N)=C/C=Nc5cnc(C#N)nc5)cc4F)ncnc3cc2OC)C1. The van der Waals surface area contributed by atoms with Crippen LogP contribution in [0.4, 0.5) is 21.6 Å². The molecular formula is C29H24FN9O4. The van der Waals surface area contributed by atoms with Gasteiger partial charge in [-0.15, -0.1) is 0 Å². The summed E-state index contributed by atoms with van der Waals surface area (Å²) in [5, 5.41) is 12.3. The molecule has 2 aromatic heterocycles. The lowest BCUT2D eigenvalue weighted by atomic mass is 10.1. The van der Waals surface area contributed by atoms with E-state index >= 15 is 4.39 Å². The van der Waals surface area contributed by atoms with Crippen LogP contribution in [0.15, 0.2) is 78.7 Å². The number of halogens is 1. The van der Waals surface area contributed by atoms with E-state index in [2.05, 4.69) is 36.8 Å². The second-order valence-corrected chi connectivity index (χ2v) is 9.02. The van der Waals surface area contributed by atoms with Crippen LogP contribution in [0.3, 0.4) is 0 Å². The molecule has 0 radical (unpaired) electrons. The van der Waals surface area contributed by atoms with Gasteiger partial charge in [0.15, 0.2) is 17.4 Å². The monoisotopic (exact) mass is 581 g/mol. The van der Waals surface area contributed by atoms with E-state index < -0.39 is 5.82 Å². The van der Waals surface area contributed by atoms with Gasteiger partial charge in [0, 0.05) is 29.8 Å². The molecule has 1 amide bonds. The Kier molecular flexibility index (Phi) is 8.33. The van der Waals surface area contributed by atoms with Crippen molar-refractivity contribution in [1.82, 2.24) is 24.8 Å². The number of hydrogen-bond donors (Lipinski definition) is 2. The number of nitrogens with two attached hydrogens (primary N) is 1. The summed E-state index contributed by atoms with van der Waals surface area (Å²) >= 11 is 0. The number of fused-ring (bicyclic) bond motifs is 1. The van der Waals surface area contributed by atoms with Crippen LogP contribution in [0.25, 0.3) is 10.9 Å². The molecule has 4 aromatic rings. The Labute approximate surface area is 244 Å². The lowest BCUT2D eigenvalue weighted by molar-refractivity contribution is -0.134. The number of amides is 1. The first-order valence-corrected chi connectivity index (χ1v) is 12.7. The molecular weight excluding hydrogens is 557 g/mol. The number of nitrogens with one attached hydrogen (secondary N) is 1. The third-order valence-electron chi connectivity index (χ3n) is 6.18. The van der Waals surface area contributed by atoms with E-state index in [0.29, 0.717) is 47.0 Å². The molecule has 3 N–H and O–H groups in total. The number of ether oxygens (including phenoxy) is 3. The predicted octanol–water partition coefficient (Wildman–Crippen LogP) is 3.54. The van der Waals surface area contributed by atoms with Crippen molar-refractivity contribution in [3.8, 4) is 23.3 Å². The second kappa shape index (κ2) is 12.6. The van der Waals surface area contributed by atoms with E-state index in [1.807, 2.05) is 6.07 Å². The third-order valence-corrected chi connectivity index (χ3v) is 6.18. The predicted molar refractivity (Wildman–Crippen MR) is 155 cm³/mol. The van der Waals surface area contributed by atoms with Gasteiger partial charge >= 0.3 is 0 Å². The highest BCUT2D eigenvalue weighted by Gasteiger charge is 2.31. The first kappa shape index (κ1) is 28.4. The fourth-order valence-corrected chi connectivity index (χ4v) is 4.02. The molecule has 1 saturated heterocycles. The number of carbonyl (C=O) groups is 1. The minimum absolute atomic E-state index is 0.0316. The van der Waals surface area contributed by atoms with Crippen LogP contribution in [0.5, 0.6) is 17.2 Å². The van der Waals surface area contributed by atoms with E-state index in [9.17, 15) is 4.79 Å². The lowest BCUT2D eigenvalue weighted by Crippen LogP contribution is -2.55. The Hall–Kier alpha value is -6.10. The topological polar surface area (TPSA) is 174 Å². The summed E-state index contributed by atoms with van der Waals surface area (Å²) in [4.78, 5) is 33.7. The van der Waals surface area contributed by atoms with Crippen molar-refractivity contribution in [2.45, 2.75) is 6.10 Å². The standard InChI is InChI=1S/C29H24FN9O4/c1-3-28(40)39-14-19(15-39)42-25-9-20-23(10-24(25)41-2)36-16-37-29(20)38-22-5-4-18(8-21(22)30)43-26(32)6-7-33-17-12-34-27(11-31)35-13-17/h3-10,12-13,16,19H,1,14-15,32H2,2H3,(H,36,37,38)/b26-6+,33-7?. The summed E-state index contributed by atoms with van der Waals surface area (Å²) in [7, 11) is 1.51. The Morgan fingerprint density at radius 2 is 2.00 bits per heavy atom. The van der Waals surface area contributed by atoms with Crippen molar-refractivity contribution >= 4 is 40.2 Å². The highest BCUT2D eigenvalue weighted by atomic mass is 19.1. The molecule has 1 aliphatic heterocycles. The summed E-state index contributed by atoms with van der Waals surface area (Å²) in [5.74, 6) is 0.603. The maximum atomic E-state index is 15.1. The van der Waals surface area contributed by atoms with E-state index in [1.54, 1.807) is 17.0 Å². The minimum Gasteiger partial charge on any atom is -0.493 e. The maximum absolute atomic E-state index is 15.1. The molecule has 3 heterocycles. The molecule has 0 saturated carbocycles. The number of aliphatic imine (C=N–C) groups is 1. The number of benzene rings is 2. The molecule has 1 aliphatic rings. The van der Waals surface area contributed by atoms with Crippen molar-refractivity contribution in [2.24, 2.45) is 10.7 Å². The molecule has 0 atom stereocenters. The molecule has 2 aromatic carbocycles. The van der Waals surface area contributed by atoms with Gasteiger partial charge in [-0.1, -0.05) is 6.58 Å². The largest absolute Gasteiger partial charge is 0.493 e. The van der Waals surface area contributed by atoms with Gasteiger partial charge in [0.05, 0.1) is 49.5 Å². The summed E-state index contributed by atoms with van der Waals surface area (Å²) in [6.45, 7) is 4.33. The minimum atomic E-state index is -0.619. The van der Waals surface area contributed by atoms with Gasteiger partial charge in [0.25, 0.3) is 0 Å². The summed E-state index contributed by atoms with van der Waals surface area (Å²) in [6, 6.07) is 9.41. The smallest absolute Gasteiger partial charge is 0.246 e. The Morgan fingerprint density at radius 3 is 2.70 bits per heavy atom. The third kappa shape index (κ3) is 6.63. The van der Waals surface area contributed by atoms with Gasteiger partial charge in [-0.05, 0) is 24.3 Å². The van der Waals surface area contributed by atoms with E-state index in [-0.39, 0.29) is 35.2 Å². The number of aromatic nitrogens is 4. The number of rotatable bonds is 10. The Morgan fingerprint density at radius 1 is 1.21 bits per heavy atom. The quantitative estimate of drug-likeness (QED) is 0.159. The number of anilines is 2. The van der Waals surface area contributed by atoms with Crippen LogP contribution in [0.1, 0.15) is 5.82 Å². The Bertz CT molecular complexity index is 1780. The summed E-state index contributed by atoms with van der Waals surface area (Å²) in [6.07, 6.45) is 7.89. The molecule has 216 valence electrons. The van der Waals surface area contributed by atoms with Crippen LogP contribution < -0.4 is 25.3 Å². The fraction of sp³-hybridized carbons (Fsp3) is 0.138. The normalized spacial score (nSPS) is 13.3. The Balaban J connectivity index is 1.28. The van der Waals surface area contributed by atoms with Gasteiger partial charge in [-0.25, -0.2) is 24.3 Å². The zero-order valence-corrected chi connectivity index (χ0v) is 22.8. The highest BCUT2D eigenvalue weighted by molar-refractivity contribution is 5.93. The molecule has 13 nitrogen and oxygen atoms in total. The number of hydrogen-bond acceptors (Lipinski definition) is 12. The number of likely N-dealkylation sites (tertiary alicyclic amines) is 1. The second-order valence-electron chi connectivity index (χ2n) is 9.02. The van der Waals surface area contributed by atoms with Crippen molar-refractivity contribution in [2.75, 3.05) is 25.5 Å². The van der Waals surface area contributed by atoms with Crippen LogP contribution in [0, 0.1) is 17.1 Å². The van der Waals surface area contributed by atoms with Crippen molar-refractivity contribution < 1.29 is 23.4 Å². The molecule has 5 rings (SSSR count). The zero-order valence-electron chi connectivity index (χ0n) is 22.8. The van der Waals surface area contributed by atoms with Gasteiger partial charge in [0.1, 0.15) is 35.9 Å². The molecule has 0 bridgehead atoms. The van der Waals surface area contributed by atoms with Gasteiger partial charge in [-0.2, -0.15) is 5.26 Å². The molecule has 43 heavy (non-hydrogen) atoms. The zero-order chi connectivity index (χ0) is 30.3. The van der Waals surface area contributed by atoms with Gasteiger partial charge in [0.2, 0.25) is 11.7 Å². The fourth-order valence-electron chi connectivity index (χ4n) is 4.02. The van der Waals surface area contributed by atoms with Crippen LogP contribution in [0.2, 0.25) is 0 Å². The summed E-state index contributed by atoms with van der Waals surface area (Å²) in [5.41, 5.74) is 6.97. The molecule has 0 aliphatic carbocycles.